The van der Waals surface area contributed by atoms with E-state index >= 15 is 0 Å². The van der Waals surface area contributed by atoms with Crippen molar-refractivity contribution in [2.75, 3.05) is 6.61 Å². The van der Waals surface area contributed by atoms with E-state index in [2.05, 4.69) is 39.8 Å². The largest absolute Gasteiger partial charge is 0.392 e. The molecule has 1 nitrogen and oxygen atoms in total. The molecular weight excluding hydrogens is 208 g/mol. The minimum Gasteiger partial charge on any atom is -0.392 e. The number of unbranched alkanes of at least 4 members (excludes halogenated alkanes) is 1. The van der Waals surface area contributed by atoms with Gasteiger partial charge in [-0.15, -0.1) is 0 Å². The van der Waals surface area contributed by atoms with Crippen molar-refractivity contribution in [2.24, 2.45) is 0 Å². The van der Waals surface area contributed by atoms with Crippen LogP contribution >= 0.6 is 0 Å². The summed E-state index contributed by atoms with van der Waals surface area (Å²) in [4.78, 5) is 0. The minimum absolute atomic E-state index is 0.164. The van der Waals surface area contributed by atoms with Gasteiger partial charge in [0.05, 0.1) is 6.61 Å². The molecule has 0 amide bonds. The normalized spacial score (nSPS) is 12.8. The van der Waals surface area contributed by atoms with Crippen molar-refractivity contribution in [1.82, 2.24) is 0 Å². The summed E-state index contributed by atoms with van der Waals surface area (Å²) in [5.74, 6) is 0. The van der Waals surface area contributed by atoms with Crippen LogP contribution in [0.1, 0.15) is 59.8 Å². The molecule has 0 spiro atoms. The highest BCUT2D eigenvalue weighted by Crippen LogP contribution is 2.11. The highest BCUT2D eigenvalue weighted by atomic mass is 16.2. The number of rotatable bonds is 8. The molecule has 0 atom stereocenters. The van der Waals surface area contributed by atoms with Crippen LogP contribution in [0.15, 0.2) is 34.9 Å². The van der Waals surface area contributed by atoms with E-state index in [1.807, 2.05) is 6.08 Å². The van der Waals surface area contributed by atoms with Crippen LogP contribution in [0.25, 0.3) is 0 Å². The molecule has 0 aromatic carbocycles. The maximum atomic E-state index is 8.74. The molecule has 0 radical (unpaired) electrons. The first kappa shape index (κ1) is 16.2. The SMILES string of the molecule is CC(C)=CCCC/C(C)=C/CC/C(C)=C/CO. The highest BCUT2D eigenvalue weighted by Gasteiger charge is 1.92. The first-order valence-electron chi connectivity index (χ1n) is 6.61. The second-order valence-corrected chi connectivity index (χ2v) is 5.00. The van der Waals surface area contributed by atoms with Gasteiger partial charge in [0.1, 0.15) is 0 Å². The lowest BCUT2D eigenvalue weighted by atomic mass is 10.1. The Kier molecular flexibility index (Phi) is 9.84. The van der Waals surface area contributed by atoms with Crippen molar-refractivity contribution in [3.8, 4) is 0 Å². The Morgan fingerprint density at radius 1 is 0.824 bits per heavy atom. The fourth-order valence-corrected chi connectivity index (χ4v) is 1.68. The van der Waals surface area contributed by atoms with Gasteiger partial charge < -0.3 is 5.11 Å². The lowest BCUT2D eigenvalue weighted by molar-refractivity contribution is 0.341. The topological polar surface area (TPSA) is 20.2 Å². The van der Waals surface area contributed by atoms with E-state index in [-0.39, 0.29) is 6.61 Å². The Bertz CT molecular complexity index is 278. The molecule has 98 valence electrons. The molecule has 0 aromatic rings. The lowest BCUT2D eigenvalue weighted by Crippen LogP contribution is -1.83. The van der Waals surface area contributed by atoms with Crippen LogP contribution in [0, 0.1) is 0 Å². The molecule has 0 aliphatic heterocycles. The fraction of sp³-hybridized carbons (Fsp3) is 0.625. The molecule has 0 aliphatic rings. The minimum atomic E-state index is 0.164. The third kappa shape index (κ3) is 11.4. The van der Waals surface area contributed by atoms with Crippen LogP contribution < -0.4 is 0 Å². The van der Waals surface area contributed by atoms with Gasteiger partial charge in [-0.2, -0.15) is 0 Å². The maximum absolute atomic E-state index is 8.74. The van der Waals surface area contributed by atoms with Gasteiger partial charge >= 0.3 is 0 Å². The fourth-order valence-electron chi connectivity index (χ4n) is 1.68. The van der Waals surface area contributed by atoms with Crippen molar-refractivity contribution >= 4 is 0 Å². The summed E-state index contributed by atoms with van der Waals surface area (Å²) in [5.41, 5.74) is 4.18. The number of aliphatic hydroxyl groups is 1. The van der Waals surface area contributed by atoms with Crippen LogP contribution in [0.3, 0.4) is 0 Å². The standard InChI is InChI=1S/C16H28O/c1-14(2)8-5-6-9-15(3)10-7-11-16(4)12-13-17/h8,10,12,17H,5-7,9,11,13H2,1-4H3/b15-10+,16-12+. The van der Waals surface area contributed by atoms with E-state index < -0.39 is 0 Å². The van der Waals surface area contributed by atoms with Crippen LogP contribution in [0.4, 0.5) is 0 Å². The van der Waals surface area contributed by atoms with Crippen LogP contribution in [-0.2, 0) is 0 Å². The second-order valence-electron chi connectivity index (χ2n) is 5.00. The van der Waals surface area contributed by atoms with Crippen molar-refractivity contribution in [1.29, 1.82) is 0 Å². The number of hydrogen-bond acceptors (Lipinski definition) is 1. The van der Waals surface area contributed by atoms with Crippen LogP contribution in [0.2, 0.25) is 0 Å². The molecule has 17 heavy (non-hydrogen) atoms. The maximum Gasteiger partial charge on any atom is 0.0614 e. The van der Waals surface area contributed by atoms with Gasteiger partial charge in [0.25, 0.3) is 0 Å². The van der Waals surface area contributed by atoms with E-state index in [4.69, 9.17) is 5.11 Å². The summed E-state index contributed by atoms with van der Waals surface area (Å²) in [6, 6.07) is 0. The van der Waals surface area contributed by atoms with Crippen molar-refractivity contribution in [3.63, 3.8) is 0 Å². The predicted molar refractivity (Wildman–Crippen MR) is 77.1 cm³/mol. The van der Waals surface area contributed by atoms with Gasteiger partial charge in [0.15, 0.2) is 0 Å². The molecule has 0 fully saturated rings. The van der Waals surface area contributed by atoms with E-state index in [9.17, 15) is 0 Å². The lowest BCUT2D eigenvalue weighted by Gasteiger charge is -2.01. The van der Waals surface area contributed by atoms with Gasteiger partial charge in [0.2, 0.25) is 0 Å². The summed E-state index contributed by atoms with van der Waals surface area (Å²) in [6.45, 7) is 8.76. The number of aliphatic hydroxyl groups excluding tert-OH is 1. The summed E-state index contributed by atoms with van der Waals surface area (Å²) >= 11 is 0. The molecule has 0 saturated carbocycles. The summed E-state index contributed by atoms with van der Waals surface area (Å²) in [5, 5.41) is 8.74. The Labute approximate surface area is 107 Å². The van der Waals surface area contributed by atoms with Crippen molar-refractivity contribution < 1.29 is 5.11 Å². The molecule has 0 saturated heterocycles. The molecule has 1 N–H and O–H groups in total. The molecule has 0 bridgehead atoms. The predicted octanol–water partition coefficient (Wildman–Crippen LogP) is 4.79. The molecule has 0 aliphatic carbocycles. The van der Waals surface area contributed by atoms with E-state index in [1.165, 1.54) is 36.0 Å². The average Bonchev–Trinajstić information content (AvgIpc) is 2.24. The van der Waals surface area contributed by atoms with Crippen LogP contribution in [0.5, 0.6) is 0 Å². The van der Waals surface area contributed by atoms with Crippen molar-refractivity contribution in [2.45, 2.75) is 59.8 Å². The zero-order valence-corrected chi connectivity index (χ0v) is 11.9. The number of allylic oxidation sites excluding steroid dienone is 5. The molecule has 0 rings (SSSR count). The molecular formula is C16H28O. The van der Waals surface area contributed by atoms with E-state index in [1.54, 1.807) is 0 Å². The Morgan fingerprint density at radius 3 is 2.06 bits per heavy atom. The zero-order valence-electron chi connectivity index (χ0n) is 11.9. The Balaban J connectivity index is 3.72. The Morgan fingerprint density at radius 2 is 1.47 bits per heavy atom. The van der Waals surface area contributed by atoms with E-state index in [0.717, 1.165) is 12.8 Å². The van der Waals surface area contributed by atoms with Gasteiger partial charge in [-0.3, -0.25) is 0 Å². The summed E-state index contributed by atoms with van der Waals surface area (Å²) in [6.07, 6.45) is 12.3. The highest BCUT2D eigenvalue weighted by molar-refractivity contribution is 5.04. The van der Waals surface area contributed by atoms with E-state index in [0.29, 0.717) is 0 Å². The van der Waals surface area contributed by atoms with Gasteiger partial charge in [-0.25, -0.2) is 0 Å². The molecule has 1 heteroatoms. The third-order valence-corrected chi connectivity index (χ3v) is 2.80. The molecule has 0 unspecified atom stereocenters. The molecule has 0 heterocycles. The third-order valence-electron chi connectivity index (χ3n) is 2.80. The van der Waals surface area contributed by atoms with Gasteiger partial charge in [-0.1, -0.05) is 34.9 Å². The first-order chi connectivity index (χ1) is 8.06. The molecule has 0 aromatic heterocycles. The van der Waals surface area contributed by atoms with Gasteiger partial charge in [0, 0.05) is 0 Å². The quantitative estimate of drug-likeness (QED) is 0.474. The average molecular weight is 236 g/mol. The zero-order chi connectivity index (χ0) is 13.1. The Hall–Kier alpha value is -0.820. The monoisotopic (exact) mass is 236 g/mol. The smallest absolute Gasteiger partial charge is 0.0614 e. The van der Waals surface area contributed by atoms with Crippen molar-refractivity contribution in [3.05, 3.63) is 34.9 Å². The summed E-state index contributed by atoms with van der Waals surface area (Å²) in [7, 11) is 0. The van der Waals surface area contributed by atoms with Crippen LogP contribution in [-0.4, -0.2) is 11.7 Å². The number of hydrogen-bond donors (Lipinski definition) is 1. The van der Waals surface area contributed by atoms with Gasteiger partial charge in [-0.05, 0) is 59.8 Å². The summed E-state index contributed by atoms with van der Waals surface area (Å²) < 4.78 is 0. The second kappa shape index (κ2) is 10.3. The first-order valence-corrected chi connectivity index (χ1v) is 6.61.